The number of para-hydroxylation sites is 1. The molecule has 0 fully saturated rings. The topological polar surface area (TPSA) is 29.1 Å². The first-order valence-electron chi connectivity index (χ1n) is 5.29. The van der Waals surface area contributed by atoms with Crippen LogP contribution in [0, 0.1) is 0 Å². The van der Waals surface area contributed by atoms with Crippen molar-refractivity contribution in [2.24, 2.45) is 0 Å². The molecular formula is C14H12ClNO. The van der Waals surface area contributed by atoms with Gasteiger partial charge in [-0.05, 0) is 43.3 Å². The number of hydrogen-bond acceptors (Lipinski definition) is 2. The zero-order valence-corrected chi connectivity index (χ0v) is 10.2. The monoisotopic (exact) mass is 245 g/mol. The SMILES string of the molecule is CC(=O)c1ccccc1Nc1ccc(Cl)cc1. The molecule has 0 heterocycles. The molecule has 0 saturated heterocycles. The molecule has 0 amide bonds. The largest absolute Gasteiger partial charge is 0.355 e. The quantitative estimate of drug-likeness (QED) is 0.818. The van der Waals surface area contributed by atoms with E-state index < -0.39 is 0 Å². The highest BCUT2D eigenvalue weighted by Crippen LogP contribution is 2.22. The molecule has 2 aromatic carbocycles. The lowest BCUT2D eigenvalue weighted by Gasteiger charge is -2.09. The van der Waals surface area contributed by atoms with Crippen molar-refractivity contribution < 1.29 is 4.79 Å². The van der Waals surface area contributed by atoms with Gasteiger partial charge in [0.05, 0.1) is 0 Å². The van der Waals surface area contributed by atoms with Crippen molar-refractivity contribution in [3.05, 3.63) is 59.1 Å². The zero-order valence-electron chi connectivity index (χ0n) is 9.41. The van der Waals surface area contributed by atoms with Crippen LogP contribution in [0.3, 0.4) is 0 Å². The van der Waals surface area contributed by atoms with Crippen LogP contribution in [0.5, 0.6) is 0 Å². The number of halogens is 1. The van der Waals surface area contributed by atoms with Gasteiger partial charge in [0.25, 0.3) is 0 Å². The Balaban J connectivity index is 2.30. The van der Waals surface area contributed by atoms with Crippen LogP contribution in [0.25, 0.3) is 0 Å². The predicted octanol–water partition coefficient (Wildman–Crippen LogP) is 4.29. The lowest BCUT2D eigenvalue weighted by atomic mass is 10.1. The van der Waals surface area contributed by atoms with Crippen LogP contribution >= 0.6 is 11.6 Å². The van der Waals surface area contributed by atoms with E-state index in [9.17, 15) is 4.79 Å². The van der Waals surface area contributed by atoms with Crippen molar-refractivity contribution in [3.63, 3.8) is 0 Å². The highest BCUT2D eigenvalue weighted by Gasteiger charge is 2.05. The van der Waals surface area contributed by atoms with Crippen LogP contribution in [-0.2, 0) is 0 Å². The highest BCUT2D eigenvalue weighted by molar-refractivity contribution is 6.30. The van der Waals surface area contributed by atoms with E-state index in [1.165, 1.54) is 0 Å². The minimum absolute atomic E-state index is 0.0436. The van der Waals surface area contributed by atoms with E-state index in [-0.39, 0.29) is 5.78 Å². The lowest BCUT2D eigenvalue weighted by molar-refractivity contribution is 0.101. The standard InChI is InChI=1S/C14H12ClNO/c1-10(17)13-4-2-3-5-14(13)16-12-8-6-11(15)7-9-12/h2-9,16H,1H3. The van der Waals surface area contributed by atoms with Gasteiger partial charge in [-0.15, -0.1) is 0 Å². The van der Waals surface area contributed by atoms with Crippen molar-refractivity contribution >= 4 is 28.8 Å². The van der Waals surface area contributed by atoms with Crippen molar-refractivity contribution in [3.8, 4) is 0 Å². The second-order valence-electron chi connectivity index (χ2n) is 3.73. The summed E-state index contributed by atoms with van der Waals surface area (Å²) >= 11 is 5.81. The van der Waals surface area contributed by atoms with Gasteiger partial charge in [0.2, 0.25) is 0 Å². The average molecular weight is 246 g/mol. The lowest BCUT2D eigenvalue weighted by Crippen LogP contribution is -1.99. The Morgan fingerprint density at radius 3 is 2.35 bits per heavy atom. The Morgan fingerprint density at radius 2 is 1.71 bits per heavy atom. The third-order valence-electron chi connectivity index (χ3n) is 2.43. The van der Waals surface area contributed by atoms with Crippen LogP contribution in [-0.4, -0.2) is 5.78 Å². The molecule has 0 aliphatic carbocycles. The molecule has 0 aromatic heterocycles. The van der Waals surface area contributed by atoms with Gasteiger partial charge in [0.15, 0.2) is 5.78 Å². The minimum Gasteiger partial charge on any atom is -0.355 e. The van der Waals surface area contributed by atoms with Crippen LogP contribution < -0.4 is 5.32 Å². The second-order valence-corrected chi connectivity index (χ2v) is 4.17. The molecule has 3 heteroatoms. The van der Waals surface area contributed by atoms with Gasteiger partial charge in [0.1, 0.15) is 0 Å². The summed E-state index contributed by atoms with van der Waals surface area (Å²) in [5, 5.41) is 3.89. The Bertz CT molecular complexity index is 534. The van der Waals surface area contributed by atoms with E-state index in [2.05, 4.69) is 5.32 Å². The molecule has 0 saturated carbocycles. The Labute approximate surface area is 105 Å². The zero-order chi connectivity index (χ0) is 12.3. The fourth-order valence-corrected chi connectivity index (χ4v) is 1.71. The predicted molar refractivity (Wildman–Crippen MR) is 71.2 cm³/mol. The number of anilines is 2. The summed E-state index contributed by atoms with van der Waals surface area (Å²) in [6.45, 7) is 1.56. The molecule has 2 nitrogen and oxygen atoms in total. The third kappa shape index (κ3) is 2.86. The van der Waals surface area contributed by atoms with E-state index >= 15 is 0 Å². The maximum Gasteiger partial charge on any atom is 0.161 e. The van der Waals surface area contributed by atoms with Crippen molar-refractivity contribution in [2.45, 2.75) is 6.92 Å². The number of benzene rings is 2. The van der Waals surface area contributed by atoms with Crippen molar-refractivity contribution in [1.29, 1.82) is 0 Å². The van der Waals surface area contributed by atoms with Crippen LogP contribution in [0.2, 0.25) is 5.02 Å². The third-order valence-corrected chi connectivity index (χ3v) is 2.68. The summed E-state index contributed by atoms with van der Waals surface area (Å²) in [4.78, 5) is 11.4. The number of rotatable bonds is 3. The van der Waals surface area contributed by atoms with Crippen LogP contribution in [0.4, 0.5) is 11.4 Å². The summed E-state index contributed by atoms with van der Waals surface area (Å²) in [5.41, 5.74) is 2.40. The first-order valence-corrected chi connectivity index (χ1v) is 5.67. The minimum atomic E-state index is 0.0436. The normalized spacial score (nSPS) is 10.0. The molecule has 2 aromatic rings. The molecule has 0 aliphatic heterocycles. The molecule has 0 atom stereocenters. The van der Waals surface area contributed by atoms with Gasteiger partial charge in [-0.3, -0.25) is 4.79 Å². The maximum absolute atomic E-state index is 11.4. The summed E-state index contributed by atoms with van der Waals surface area (Å²) in [6.07, 6.45) is 0. The summed E-state index contributed by atoms with van der Waals surface area (Å²) < 4.78 is 0. The fraction of sp³-hybridized carbons (Fsp3) is 0.0714. The van der Waals surface area contributed by atoms with Gasteiger partial charge in [0, 0.05) is 22.0 Å². The Morgan fingerprint density at radius 1 is 1.06 bits per heavy atom. The van der Waals surface area contributed by atoms with Gasteiger partial charge >= 0.3 is 0 Å². The van der Waals surface area contributed by atoms with Gasteiger partial charge in [-0.2, -0.15) is 0 Å². The molecule has 86 valence electrons. The fourth-order valence-electron chi connectivity index (χ4n) is 1.59. The second kappa shape index (κ2) is 5.02. The number of ketones is 1. The van der Waals surface area contributed by atoms with E-state index in [1.807, 2.05) is 30.3 Å². The summed E-state index contributed by atoms with van der Waals surface area (Å²) in [5.74, 6) is 0.0436. The van der Waals surface area contributed by atoms with Gasteiger partial charge < -0.3 is 5.32 Å². The average Bonchev–Trinajstić information content (AvgIpc) is 2.32. The first kappa shape index (κ1) is 11.7. The van der Waals surface area contributed by atoms with E-state index in [0.29, 0.717) is 10.6 Å². The summed E-state index contributed by atoms with van der Waals surface area (Å²) in [6, 6.07) is 14.8. The van der Waals surface area contributed by atoms with Crippen molar-refractivity contribution in [1.82, 2.24) is 0 Å². The maximum atomic E-state index is 11.4. The number of Topliss-reactive ketones (excluding diaryl/α,β-unsaturated/α-hetero) is 1. The number of carbonyl (C=O) groups is 1. The van der Waals surface area contributed by atoms with E-state index in [0.717, 1.165) is 11.4 Å². The van der Waals surface area contributed by atoms with E-state index in [1.54, 1.807) is 25.1 Å². The van der Waals surface area contributed by atoms with Crippen molar-refractivity contribution in [2.75, 3.05) is 5.32 Å². The number of nitrogens with one attached hydrogen (secondary N) is 1. The molecule has 0 bridgehead atoms. The van der Waals surface area contributed by atoms with Crippen LogP contribution in [0.1, 0.15) is 17.3 Å². The molecule has 2 rings (SSSR count). The molecule has 0 radical (unpaired) electrons. The smallest absolute Gasteiger partial charge is 0.161 e. The van der Waals surface area contributed by atoms with Gasteiger partial charge in [-0.1, -0.05) is 23.7 Å². The molecule has 17 heavy (non-hydrogen) atoms. The highest BCUT2D eigenvalue weighted by atomic mass is 35.5. The molecule has 0 aliphatic rings. The summed E-state index contributed by atoms with van der Waals surface area (Å²) in [7, 11) is 0. The number of hydrogen-bond donors (Lipinski definition) is 1. The number of carbonyl (C=O) groups excluding carboxylic acids is 1. The molecule has 0 spiro atoms. The Kier molecular flexibility index (Phi) is 3.45. The molecule has 0 unspecified atom stereocenters. The van der Waals surface area contributed by atoms with Gasteiger partial charge in [-0.25, -0.2) is 0 Å². The molecule has 1 N–H and O–H groups in total. The van der Waals surface area contributed by atoms with Crippen LogP contribution in [0.15, 0.2) is 48.5 Å². The van der Waals surface area contributed by atoms with E-state index in [4.69, 9.17) is 11.6 Å². The Hall–Kier alpha value is -1.80. The first-order chi connectivity index (χ1) is 8.16. The molecular weight excluding hydrogens is 234 g/mol.